The van der Waals surface area contributed by atoms with Gasteiger partial charge >= 0.3 is 0 Å². The maximum absolute atomic E-state index is 13.8. The van der Waals surface area contributed by atoms with Gasteiger partial charge in [-0.1, -0.05) is 68.8 Å². The van der Waals surface area contributed by atoms with Crippen LogP contribution < -0.4 is 0 Å². The number of halogens is 1. The van der Waals surface area contributed by atoms with Crippen molar-refractivity contribution in [1.82, 2.24) is 30.4 Å². The average molecular weight is 435 g/mol. The molecule has 0 saturated carbocycles. The Morgan fingerprint density at radius 3 is 2.44 bits per heavy atom. The Bertz CT molecular complexity index is 1090. The van der Waals surface area contributed by atoms with E-state index in [0.29, 0.717) is 31.2 Å². The van der Waals surface area contributed by atoms with Crippen molar-refractivity contribution in [2.75, 3.05) is 13.3 Å². The zero-order chi connectivity index (χ0) is 22.5. The van der Waals surface area contributed by atoms with Crippen molar-refractivity contribution < 1.29 is 9.18 Å². The van der Waals surface area contributed by atoms with Gasteiger partial charge in [-0.3, -0.25) is 9.69 Å². The summed E-state index contributed by atoms with van der Waals surface area (Å²) in [7, 11) is 0. The maximum atomic E-state index is 13.8. The van der Waals surface area contributed by atoms with Crippen molar-refractivity contribution >= 4 is 5.91 Å². The third kappa shape index (κ3) is 4.26. The number of allylic oxidation sites excluding steroid dienone is 2. The first-order valence-electron chi connectivity index (χ1n) is 10.9. The number of nitrogens with one attached hydrogen (secondary N) is 1. The molecule has 0 fully saturated rings. The molecule has 0 bridgehead atoms. The van der Waals surface area contributed by atoms with E-state index in [0.717, 1.165) is 40.8 Å². The van der Waals surface area contributed by atoms with Gasteiger partial charge in [-0.05, 0) is 33.5 Å². The minimum Gasteiger partial charge on any atom is -0.351 e. The topological polar surface area (TPSA) is 78.0 Å². The Balaban J connectivity index is 1.57. The molecule has 0 aliphatic carbocycles. The molecule has 1 aromatic heterocycles. The van der Waals surface area contributed by atoms with Crippen LogP contribution in [0.5, 0.6) is 0 Å². The Kier molecular flexibility index (Phi) is 6.58. The van der Waals surface area contributed by atoms with E-state index in [9.17, 15) is 9.18 Å². The highest BCUT2D eigenvalue weighted by atomic mass is 19.1. The van der Waals surface area contributed by atoms with E-state index < -0.39 is 6.67 Å². The maximum Gasteiger partial charge on any atom is 0.228 e. The number of hydrogen-bond donors (Lipinski definition) is 1. The van der Waals surface area contributed by atoms with Gasteiger partial charge in [0.15, 0.2) is 5.82 Å². The normalized spacial score (nSPS) is 13.8. The molecule has 4 rings (SSSR count). The second kappa shape index (κ2) is 9.72. The lowest BCUT2D eigenvalue weighted by molar-refractivity contribution is -0.129. The lowest BCUT2D eigenvalue weighted by Crippen LogP contribution is -2.32. The van der Waals surface area contributed by atoms with Crippen molar-refractivity contribution in [3.63, 3.8) is 0 Å². The van der Waals surface area contributed by atoms with E-state index in [1.807, 2.05) is 31.2 Å². The van der Waals surface area contributed by atoms with Crippen LogP contribution in [0.15, 0.2) is 59.9 Å². The number of rotatable bonds is 8. The van der Waals surface area contributed by atoms with Gasteiger partial charge in [0, 0.05) is 24.2 Å². The number of hydrogen-bond acceptors (Lipinski definition) is 5. The van der Waals surface area contributed by atoms with Crippen molar-refractivity contribution in [3.05, 3.63) is 65.5 Å². The summed E-state index contributed by atoms with van der Waals surface area (Å²) in [6, 6.07) is 16.3. The van der Waals surface area contributed by atoms with Gasteiger partial charge in [0.25, 0.3) is 0 Å². The van der Waals surface area contributed by atoms with Crippen molar-refractivity contribution in [3.8, 4) is 22.5 Å². The quantitative estimate of drug-likeness (QED) is 0.564. The molecule has 1 aliphatic rings. The molecule has 3 aromatic rings. The highest BCUT2D eigenvalue weighted by molar-refractivity contribution is 5.80. The van der Waals surface area contributed by atoms with Gasteiger partial charge in [-0.25, -0.2) is 9.49 Å². The van der Waals surface area contributed by atoms with Gasteiger partial charge < -0.3 is 4.90 Å². The smallest absolute Gasteiger partial charge is 0.228 e. The number of tetrazole rings is 1. The van der Waals surface area contributed by atoms with Crippen LogP contribution >= 0.6 is 0 Å². The molecule has 8 heteroatoms. The first-order chi connectivity index (χ1) is 15.7. The summed E-state index contributed by atoms with van der Waals surface area (Å²) in [5.74, 6) is 0.582. The lowest BCUT2D eigenvalue weighted by Gasteiger charge is -2.23. The van der Waals surface area contributed by atoms with E-state index in [-0.39, 0.29) is 5.91 Å². The monoisotopic (exact) mass is 434 g/mol. The van der Waals surface area contributed by atoms with Crippen LogP contribution in [-0.4, -0.2) is 49.7 Å². The lowest BCUT2D eigenvalue weighted by atomic mass is 9.98. The van der Waals surface area contributed by atoms with Crippen LogP contribution in [0.25, 0.3) is 22.5 Å². The number of alkyl halides is 1. The molecular weight excluding hydrogens is 407 g/mol. The molecule has 0 spiro atoms. The van der Waals surface area contributed by atoms with Crippen molar-refractivity contribution in [2.45, 2.75) is 39.7 Å². The summed E-state index contributed by atoms with van der Waals surface area (Å²) in [6.45, 7) is 4.29. The Morgan fingerprint density at radius 1 is 1.06 bits per heavy atom. The summed E-state index contributed by atoms with van der Waals surface area (Å²) >= 11 is 0. The van der Waals surface area contributed by atoms with Crippen LogP contribution in [-0.2, 0) is 11.3 Å². The summed E-state index contributed by atoms with van der Waals surface area (Å²) in [6.07, 6.45) is 2.02. The molecule has 32 heavy (non-hydrogen) atoms. The summed E-state index contributed by atoms with van der Waals surface area (Å²) in [5, 5.41) is 14.2. The van der Waals surface area contributed by atoms with Crippen LogP contribution in [0.3, 0.4) is 0 Å². The predicted molar refractivity (Wildman–Crippen MR) is 121 cm³/mol. The number of nitrogens with zero attached hydrogens (tertiary/aromatic N) is 5. The Hall–Kier alpha value is -3.55. The SMILES string of the molecule is CCCC1=C(CF)N(C(=O)CC)CN1Cc1ccc(-c2ccccc2-c2nnn[nH]2)cc1. The highest BCUT2D eigenvalue weighted by Gasteiger charge is 2.31. The largest absolute Gasteiger partial charge is 0.351 e. The first-order valence-corrected chi connectivity index (χ1v) is 10.9. The van der Waals surface area contributed by atoms with E-state index >= 15 is 0 Å². The van der Waals surface area contributed by atoms with Gasteiger partial charge in [0.2, 0.25) is 5.91 Å². The molecule has 1 amide bonds. The van der Waals surface area contributed by atoms with Crippen molar-refractivity contribution in [1.29, 1.82) is 0 Å². The van der Waals surface area contributed by atoms with Gasteiger partial charge in [0.1, 0.15) is 6.67 Å². The summed E-state index contributed by atoms with van der Waals surface area (Å²) < 4.78 is 13.8. The highest BCUT2D eigenvalue weighted by Crippen LogP contribution is 2.32. The zero-order valence-corrected chi connectivity index (χ0v) is 18.4. The van der Waals surface area contributed by atoms with Crippen LogP contribution in [0.2, 0.25) is 0 Å². The number of benzene rings is 2. The number of amides is 1. The third-order valence-corrected chi connectivity index (χ3v) is 5.74. The molecule has 2 aromatic carbocycles. The molecular formula is C24H27FN6O. The van der Waals surface area contributed by atoms with Crippen molar-refractivity contribution in [2.24, 2.45) is 0 Å². The fourth-order valence-electron chi connectivity index (χ4n) is 4.16. The minimum atomic E-state index is -0.621. The molecule has 2 heterocycles. The summed E-state index contributed by atoms with van der Waals surface area (Å²) in [4.78, 5) is 16.1. The van der Waals surface area contributed by atoms with Gasteiger partial charge in [-0.2, -0.15) is 0 Å². The second-order valence-corrected chi connectivity index (χ2v) is 7.78. The molecule has 0 unspecified atom stereocenters. The fourth-order valence-corrected chi connectivity index (χ4v) is 4.16. The third-order valence-electron chi connectivity index (χ3n) is 5.74. The zero-order valence-electron chi connectivity index (χ0n) is 18.4. The summed E-state index contributed by atoms with van der Waals surface area (Å²) in [5.41, 5.74) is 5.57. The van der Waals surface area contributed by atoms with E-state index in [1.165, 1.54) is 0 Å². The standard InChI is InChI=1S/C24H27FN6O/c1-3-7-21-22(14-25)31(23(32)4-2)16-30(21)15-17-10-12-18(13-11-17)19-8-5-6-9-20(19)24-26-28-29-27-24/h5-6,8-13H,3-4,7,14-16H2,1-2H3,(H,26,27,28,29). The number of H-pyrrole nitrogens is 1. The van der Waals surface area contributed by atoms with Crippen LogP contribution in [0, 0.1) is 0 Å². The van der Waals surface area contributed by atoms with E-state index in [4.69, 9.17) is 0 Å². The van der Waals surface area contributed by atoms with Crippen LogP contribution in [0.1, 0.15) is 38.7 Å². The Morgan fingerprint density at radius 2 is 1.81 bits per heavy atom. The first kappa shape index (κ1) is 21.7. The Labute approximate surface area is 186 Å². The minimum absolute atomic E-state index is 0.0392. The second-order valence-electron chi connectivity index (χ2n) is 7.78. The molecule has 166 valence electrons. The average Bonchev–Trinajstić information content (AvgIpc) is 3.48. The molecule has 7 nitrogen and oxygen atoms in total. The molecule has 0 saturated heterocycles. The van der Waals surface area contributed by atoms with Gasteiger partial charge in [-0.15, -0.1) is 5.10 Å². The molecule has 0 atom stereocenters. The van der Waals surface area contributed by atoms with E-state index in [1.54, 1.807) is 4.90 Å². The number of aromatic amines is 1. The fraction of sp³-hybridized carbons (Fsp3) is 0.333. The van der Waals surface area contributed by atoms with Crippen LogP contribution in [0.4, 0.5) is 4.39 Å². The number of carbonyl (C=O) groups excluding carboxylic acids is 1. The number of carbonyl (C=O) groups is 1. The molecule has 0 radical (unpaired) electrons. The molecule has 1 N–H and O–H groups in total. The predicted octanol–water partition coefficient (Wildman–Crippen LogP) is 4.53. The molecule has 1 aliphatic heterocycles. The van der Waals surface area contributed by atoms with E-state index in [2.05, 4.69) is 56.7 Å². The van der Waals surface area contributed by atoms with Gasteiger partial charge in [0.05, 0.1) is 12.4 Å². The number of aromatic nitrogens is 4.